The predicted octanol–water partition coefficient (Wildman–Crippen LogP) is 2.34. The fourth-order valence-electron chi connectivity index (χ4n) is 2.52. The number of non-ortho nitro benzene ring substituents is 1. The Morgan fingerprint density at radius 2 is 1.94 bits per heavy atom. The van der Waals surface area contributed by atoms with Crippen molar-refractivity contribution in [1.82, 2.24) is 14.9 Å². The van der Waals surface area contributed by atoms with Gasteiger partial charge in [0.05, 0.1) is 31.1 Å². The van der Waals surface area contributed by atoms with E-state index in [0.29, 0.717) is 27.8 Å². The molecule has 0 spiro atoms. The Hall–Kier alpha value is -4.13. The van der Waals surface area contributed by atoms with Crippen molar-refractivity contribution in [3.05, 3.63) is 63.7 Å². The molecule has 0 saturated carbocycles. The molecule has 12 nitrogen and oxygen atoms in total. The van der Waals surface area contributed by atoms with Crippen LogP contribution in [0.4, 0.5) is 11.6 Å². The SMILES string of the molecule is COc1ccc(C(=O)CSc2nnc(N/N=C/c3ccc([N+](=O)[O-])cc3)n2N)cc1OC. The van der Waals surface area contributed by atoms with Gasteiger partial charge in [0.1, 0.15) is 0 Å². The zero-order chi connectivity index (χ0) is 23.1. The van der Waals surface area contributed by atoms with Crippen molar-refractivity contribution in [2.45, 2.75) is 5.16 Å². The molecule has 32 heavy (non-hydrogen) atoms. The van der Waals surface area contributed by atoms with Gasteiger partial charge in [-0.2, -0.15) is 5.10 Å². The van der Waals surface area contributed by atoms with Gasteiger partial charge in [-0.1, -0.05) is 11.8 Å². The Morgan fingerprint density at radius 3 is 2.59 bits per heavy atom. The molecule has 3 aromatic rings. The number of Topliss-reactive ketones (excluding diaryl/α,β-unsaturated/α-hetero) is 1. The number of rotatable bonds is 10. The number of nitrogens with two attached hydrogens (primary N) is 1. The maximum atomic E-state index is 12.5. The number of nitrogens with one attached hydrogen (secondary N) is 1. The molecule has 0 unspecified atom stereocenters. The maximum absolute atomic E-state index is 12.5. The lowest BCUT2D eigenvalue weighted by Gasteiger charge is -2.09. The van der Waals surface area contributed by atoms with Crippen molar-refractivity contribution < 1.29 is 19.2 Å². The molecule has 0 atom stereocenters. The van der Waals surface area contributed by atoms with E-state index in [9.17, 15) is 14.9 Å². The zero-order valence-corrected chi connectivity index (χ0v) is 17.9. The van der Waals surface area contributed by atoms with Crippen molar-refractivity contribution in [2.24, 2.45) is 5.10 Å². The largest absolute Gasteiger partial charge is 0.493 e. The molecule has 0 fully saturated rings. The van der Waals surface area contributed by atoms with E-state index in [1.165, 1.54) is 37.2 Å². The number of carbonyl (C=O) groups is 1. The van der Waals surface area contributed by atoms with Gasteiger partial charge in [-0.3, -0.25) is 14.9 Å². The first kappa shape index (κ1) is 22.6. The zero-order valence-electron chi connectivity index (χ0n) is 17.1. The molecule has 3 rings (SSSR count). The van der Waals surface area contributed by atoms with Crippen molar-refractivity contribution in [3.8, 4) is 11.5 Å². The fourth-order valence-corrected chi connectivity index (χ4v) is 3.27. The van der Waals surface area contributed by atoms with Gasteiger partial charge in [0, 0.05) is 17.7 Å². The summed E-state index contributed by atoms with van der Waals surface area (Å²) in [6.07, 6.45) is 1.45. The molecule has 0 radical (unpaired) electrons. The second kappa shape index (κ2) is 10.3. The Morgan fingerprint density at radius 1 is 1.22 bits per heavy atom. The molecule has 1 aromatic heterocycles. The van der Waals surface area contributed by atoms with Gasteiger partial charge in [0.2, 0.25) is 5.16 Å². The summed E-state index contributed by atoms with van der Waals surface area (Å²) in [7, 11) is 3.02. The number of hydrazone groups is 1. The van der Waals surface area contributed by atoms with Crippen molar-refractivity contribution in [3.63, 3.8) is 0 Å². The second-order valence-electron chi connectivity index (χ2n) is 6.18. The summed E-state index contributed by atoms with van der Waals surface area (Å²) in [5.74, 6) is 7.04. The summed E-state index contributed by atoms with van der Waals surface area (Å²) < 4.78 is 11.6. The molecule has 0 saturated heterocycles. The van der Waals surface area contributed by atoms with Crippen LogP contribution in [-0.4, -0.2) is 51.8 Å². The van der Waals surface area contributed by atoms with Gasteiger partial charge < -0.3 is 15.3 Å². The summed E-state index contributed by atoms with van der Waals surface area (Å²) in [5.41, 5.74) is 3.73. The Balaban J connectivity index is 1.58. The van der Waals surface area contributed by atoms with Gasteiger partial charge in [-0.15, -0.1) is 10.2 Å². The highest BCUT2D eigenvalue weighted by Gasteiger charge is 2.15. The minimum Gasteiger partial charge on any atom is -0.493 e. The highest BCUT2D eigenvalue weighted by Crippen LogP contribution is 2.28. The molecule has 13 heteroatoms. The molecule has 3 N–H and O–H groups in total. The third kappa shape index (κ3) is 5.31. The number of ether oxygens (including phenoxy) is 2. The number of thioether (sulfide) groups is 1. The lowest BCUT2D eigenvalue weighted by Crippen LogP contribution is -2.14. The van der Waals surface area contributed by atoms with Crippen LogP contribution in [0.1, 0.15) is 15.9 Å². The average molecular weight is 457 g/mol. The molecule has 0 amide bonds. The summed E-state index contributed by atoms with van der Waals surface area (Å²) in [6, 6.07) is 10.8. The number of hydrogen-bond donors (Lipinski definition) is 2. The Labute approximate surface area is 186 Å². The number of nitro benzene ring substituents is 1. The van der Waals surface area contributed by atoms with E-state index in [1.54, 1.807) is 30.3 Å². The van der Waals surface area contributed by atoms with E-state index in [1.807, 2.05) is 0 Å². The highest BCUT2D eigenvalue weighted by atomic mass is 32.2. The van der Waals surface area contributed by atoms with Crippen LogP contribution in [0, 0.1) is 10.1 Å². The summed E-state index contributed by atoms with van der Waals surface area (Å²) in [5, 5.41) is 22.8. The van der Waals surface area contributed by atoms with E-state index in [4.69, 9.17) is 15.3 Å². The predicted molar refractivity (Wildman–Crippen MR) is 119 cm³/mol. The standard InChI is InChI=1S/C19H19N7O5S/c1-30-16-8-5-13(9-17(16)31-2)15(27)11-32-19-24-23-18(25(19)20)22-21-10-12-3-6-14(7-4-12)26(28)29/h3-10H,11,20H2,1-2H3,(H,22,23)/b21-10+. The third-order valence-electron chi connectivity index (χ3n) is 4.18. The molecule has 0 aliphatic rings. The van der Waals surface area contributed by atoms with Crippen LogP contribution in [-0.2, 0) is 0 Å². The van der Waals surface area contributed by atoms with E-state index in [2.05, 4.69) is 20.7 Å². The molecule has 1 heterocycles. The number of carbonyl (C=O) groups excluding carboxylic acids is 1. The summed E-state index contributed by atoms with van der Waals surface area (Å²) in [4.78, 5) is 22.7. The molecule has 2 aromatic carbocycles. The van der Waals surface area contributed by atoms with Gasteiger partial charge in [0.15, 0.2) is 17.3 Å². The summed E-state index contributed by atoms with van der Waals surface area (Å²) in [6.45, 7) is 0. The van der Waals surface area contributed by atoms with Crippen LogP contribution in [0.15, 0.2) is 52.7 Å². The number of hydrogen-bond acceptors (Lipinski definition) is 11. The minimum absolute atomic E-state index is 0.0129. The van der Waals surface area contributed by atoms with Crippen LogP contribution in [0.2, 0.25) is 0 Å². The van der Waals surface area contributed by atoms with Gasteiger partial charge >= 0.3 is 0 Å². The van der Waals surface area contributed by atoms with Crippen LogP contribution in [0.3, 0.4) is 0 Å². The second-order valence-corrected chi connectivity index (χ2v) is 7.12. The quantitative estimate of drug-likeness (QED) is 0.115. The normalized spacial score (nSPS) is 10.8. The molecule has 166 valence electrons. The number of nitro groups is 1. The van der Waals surface area contributed by atoms with Crippen LogP contribution >= 0.6 is 11.8 Å². The van der Waals surface area contributed by atoms with Crippen LogP contribution in [0.25, 0.3) is 0 Å². The summed E-state index contributed by atoms with van der Waals surface area (Å²) >= 11 is 1.12. The molecule has 0 aliphatic heterocycles. The number of ketones is 1. The first-order chi connectivity index (χ1) is 15.4. The first-order valence-corrected chi connectivity index (χ1v) is 10.0. The maximum Gasteiger partial charge on any atom is 0.269 e. The van der Waals surface area contributed by atoms with Crippen molar-refractivity contribution >= 4 is 35.4 Å². The topological polar surface area (TPSA) is 160 Å². The van der Waals surface area contributed by atoms with Gasteiger partial charge in [-0.05, 0) is 35.9 Å². The van der Waals surface area contributed by atoms with E-state index >= 15 is 0 Å². The smallest absolute Gasteiger partial charge is 0.269 e. The molecular weight excluding hydrogens is 438 g/mol. The van der Waals surface area contributed by atoms with Crippen molar-refractivity contribution in [1.29, 1.82) is 0 Å². The minimum atomic E-state index is -0.481. The van der Waals surface area contributed by atoms with Crippen molar-refractivity contribution in [2.75, 3.05) is 31.2 Å². The lowest BCUT2D eigenvalue weighted by atomic mass is 10.1. The molecule has 0 bridgehead atoms. The van der Waals surface area contributed by atoms with E-state index in [0.717, 1.165) is 11.8 Å². The van der Waals surface area contributed by atoms with Gasteiger partial charge in [-0.25, -0.2) is 10.1 Å². The molecular formula is C19H19N7O5S. The first-order valence-electron chi connectivity index (χ1n) is 9.05. The number of nitrogen functional groups attached to an aromatic ring is 1. The number of anilines is 1. The monoisotopic (exact) mass is 457 g/mol. The number of nitrogens with zero attached hydrogens (tertiary/aromatic N) is 5. The Bertz CT molecular complexity index is 1150. The number of benzene rings is 2. The van der Waals surface area contributed by atoms with E-state index < -0.39 is 4.92 Å². The average Bonchev–Trinajstić information content (AvgIpc) is 3.16. The van der Waals surface area contributed by atoms with Crippen LogP contribution in [0.5, 0.6) is 11.5 Å². The highest BCUT2D eigenvalue weighted by molar-refractivity contribution is 7.99. The third-order valence-corrected chi connectivity index (χ3v) is 5.13. The number of methoxy groups -OCH3 is 2. The van der Waals surface area contributed by atoms with Crippen LogP contribution < -0.4 is 20.7 Å². The molecule has 0 aliphatic carbocycles. The van der Waals surface area contributed by atoms with E-state index in [-0.39, 0.29) is 23.2 Å². The number of aromatic nitrogens is 3. The lowest BCUT2D eigenvalue weighted by molar-refractivity contribution is -0.384. The Kier molecular flexibility index (Phi) is 7.23. The fraction of sp³-hybridized carbons (Fsp3) is 0.158. The van der Waals surface area contributed by atoms with Gasteiger partial charge in [0.25, 0.3) is 11.6 Å².